The SMILES string of the molecule is CP(=O)(OCc1ccc(F)cc1)OCc1ccc(F)cc1. The van der Waals surface area contributed by atoms with Gasteiger partial charge in [0.25, 0.3) is 0 Å². The van der Waals surface area contributed by atoms with Crippen LogP contribution in [0.4, 0.5) is 8.78 Å². The van der Waals surface area contributed by atoms with Crippen molar-refractivity contribution in [2.75, 3.05) is 6.66 Å². The van der Waals surface area contributed by atoms with E-state index in [1.807, 2.05) is 0 Å². The molecule has 0 saturated carbocycles. The molecule has 0 aromatic heterocycles. The van der Waals surface area contributed by atoms with Gasteiger partial charge >= 0.3 is 7.60 Å². The average Bonchev–Trinajstić information content (AvgIpc) is 2.46. The first kappa shape index (κ1) is 15.8. The van der Waals surface area contributed by atoms with Crippen LogP contribution in [0.5, 0.6) is 0 Å². The molecular weight excluding hydrogens is 297 g/mol. The summed E-state index contributed by atoms with van der Waals surface area (Å²) in [7, 11) is -3.23. The van der Waals surface area contributed by atoms with Crippen molar-refractivity contribution in [2.24, 2.45) is 0 Å². The lowest BCUT2D eigenvalue weighted by atomic mass is 10.2. The molecule has 0 spiro atoms. The van der Waals surface area contributed by atoms with Crippen LogP contribution in [0.2, 0.25) is 0 Å². The Bertz CT molecular complexity index is 573. The predicted molar refractivity (Wildman–Crippen MR) is 75.9 cm³/mol. The molecule has 0 amide bonds. The topological polar surface area (TPSA) is 35.5 Å². The highest BCUT2D eigenvalue weighted by Crippen LogP contribution is 2.45. The molecule has 0 heterocycles. The van der Waals surface area contributed by atoms with E-state index in [1.165, 1.54) is 30.9 Å². The maximum absolute atomic E-state index is 12.8. The van der Waals surface area contributed by atoms with Gasteiger partial charge < -0.3 is 9.05 Å². The molecule has 0 radical (unpaired) electrons. The van der Waals surface area contributed by atoms with Gasteiger partial charge in [-0.25, -0.2) is 8.78 Å². The Morgan fingerprint density at radius 2 is 1.14 bits per heavy atom. The third-order valence-corrected chi connectivity index (χ3v) is 3.95. The lowest BCUT2D eigenvalue weighted by molar-refractivity contribution is 0.196. The number of rotatable bonds is 6. The van der Waals surface area contributed by atoms with Gasteiger partial charge in [0.2, 0.25) is 0 Å². The molecule has 0 unspecified atom stereocenters. The van der Waals surface area contributed by atoms with Gasteiger partial charge in [-0.2, -0.15) is 0 Å². The maximum Gasteiger partial charge on any atom is 0.328 e. The van der Waals surface area contributed by atoms with E-state index in [9.17, 15) is 13.3 Å². The summed E-state index contributed by atoms with van der Waals surface area (Å²) in [4.78, 5) is 0. The van der Waals surface area contributed by atoms with Gasteiger partial charge in [-0.15, -0.1) is 0 Å². The Morgan fingerprint density at radius 3 is 1.48 bits per heavy atom. The molecule has 112 valence electrons. The number of halogens is 2. The van der Waals surface area contributed by atoms with Crippen LogP contribution >= 0.6 is 7.60 Å². The maximum atomic E-state index is 12.8. The van der Waals surface area contributed by atoms with Crippen LogP contribution in [-0.2, 0) is 26.8 Å². The van der Waals surface area contributed by atoms with Crippen molar-refractivity contribution in [3.05, 3.63) is 71.3 Å². The molecule has 0 saturated heterocycles. The number of hydrogen-bond donors (Lipinski definition) is 0. The summed E-state index contributed by atoms with van der Waals surface area (Å²) in [5.41, 5.74) is 1.40. The predicted octanol–water partition coefficient (Wildman–Crippen LogP) is 4.52. The smallest absolute Gasteiger partial charge is 0.304 e. The molecule has 21 heavy (non-hydrogen) atoms. The van der Waals surface area contributed by atoms with Crippen molar-refractivity contribution in [1.29, 1.82) is 0 Å². The van der Waals surface area contributed by atoms with Crippen molar-refractivity contribution in [3.63, 3.8) is 0 Å². The molecule has 0 aliphatic carbocycles. The highest BCUT2D eigenvalue weighted by atomic mass is 31.2. The summed E-state index contributed by atoms with van der Waals surface area (Å²) in [5.74, 6) is -0.683. The first-order valence-electron chi connectivity index (χ1n) is 6.30. The van der Waals surface area contributed by atoms with Crippen molar-refractivity contribution < 1.29 is 22.4 Å². The zero-order chi connectivity index (χ0) is 15.3. The normalized spacial score (nSPS) is 11.6. The van der Waals surface area contributed by atoms with Crippen molar-refractivity contribution in [3.8, 4) is 0 Å². The Labute approximate surface area is 122 Å². The lowest BCUT2D eigenvalue weighted by Gasteiger charge is -2.14. The van der Waals surface area contributed by atoms with Crippen LogP contribution in [0.3, 0.4) is 0 Å². The Hall–Kier alpha value is -1.55. The van der Waals surface area contributed by atoms with Gasteiger partial charge in [0, 0.05) is 6.66 Å². The monoisotopic (exact) mass is 312 g/mol. The van der Waals surface area contributed by atoms with Crippen LogP contribution in [0.15, 0.2) is 48.5 Å². The molecule has 6 heteroatoms. The molecular formula is C15H15F2O3P. The highest BCUT2D eigenvalue weighted by molar-refractivity contribution is 7.52. The fraction of sp³-hybridized carbons (Fsp3) is 0.200. The van der Waals surface area contributed by atoms with Crippen LogP contribution in [-0.4, -0.2) is 6.66 Å². The minimum atomic E-state index is -3.23. The third-order valence-electron chi connectivity index (χ3n) is 2.76. The van der Waals surface area contributed by atoms with Gasteiger partial charge in [-0.3, -0.25) is 4.57 Å². The lowest BCUT2D eigenvalue weighted by Crippen LogP contribution is -1.96. The van der Waals surface area contributed by atoms with E-state index in [-0.39, 0.29) is 24.8 Å². The van der Waals surface area contributed by atoms with E-state index in [0.717, 1.165) is 0 Å². The van der Waals surface area contributed by atoms with Crippen LogP contribution in [0.1, 0.15) is 11.1 Å². The van der Waals surface area contributed by atoms with Gasteiger partial charge in [0.05, 0.1) is 13.2 Å². The molecule has 0 bridgehead atoms. The molecule has 2 aromatic rings. The van der Waals surface area contributed by atoms with E-state index < -0.39 is 7.60 Å². The van der Waals surface area contributed by atoms with E-state index in [0.29, 0.717) is 11.1 Å². The van der Waals surface area contributed by atoms with Gasteiger partial charge in [-0.1, -0.05) is 24.3 Å². The van der Waals surface area contributed by atoms with E-state index in [4.69, 9.17) is 9.05 Å². The molecule has 2 rings (SSSR count). The van der Waals surface area contributed by atoms with Gasteiger partial charge in [0.1, 0.15) is 11.6 Å². The van der Waals surface area contributed by atoms with Crippen LogP contribution in [0.25, 0.3) is 0 Å². The zero-order valence-corrected chi connectivity index (χ0v) is 12.4. The summed E-state index contributed by atoms with van der Waals surface area (Å²) in [6.07, 6.45) is 0. The van der Waals surface area contributed by atoms with E-state index in [1.54, 1.807) is 24.3 Å². The first-order valence-corrected chi connectivity index (χ1v) is 8.29. The van der Waals surface area contributed by atoms with Crippen molar-refractivity contribution in [1.82, 2.24) is 0 Å². The van der Waals surface area contributed by atoms with Crippen molar-refractivity contribution >= 4 is 7.60 Å². The second kappa shape index (κ2) is 6.94. The molecule has 0 aliphatic heterocycles. The molecule has 0 atom stereocenters. The van der Waals surface area contributed by atoms with Crippen molar-refractivity contribution in [2.45, 2.75) is 13.2 Å². The Kier molecular flexibility index (Phi) is 5.23. The highest BCUT2D eigenvalue weighted by Gasteiger charge is 2.17. The molecule has 0 aliphatic rings. The van der Waals surface area contributed by atoms with E-state index >= 15 is 0 Å². The average molecular weight is 312 g/mol. The van der Waals surface area contributed by atoms with Crippen LogP contribution < -0.4 is 0 Å². The molecule has 3 nitrogen and oxygen atoms in total. The fourth-order valence-electron chi connectivity index (χ4n) is 1.58. The van der Waals surface area contributed by atoms with Gasteiger partial charge in [-0.05, 0) is 35.4 Å². The minimum absolute atomic E-state index is 0.0669. The first-order chi connectivity index (χ1) is 9.94. The van der Waals surface area contributed by atoms with E-state index in [2.05, 4.69) is 0 Å². The molecule has 2 aromatic carbocycles. The Morgan fingerprint density at radius 1 is 0.810 bits per heavy atom. The largest absolute Gasteiger partial charge is 0.328 e. The number of benzene rings is 2. The second-order valence-corrected chi connectivity index (χ2v) is 6.63. The quantitative estimate of drug-likeness (QED) is 0.736. The zero-order valence-electron chi connectivity index (χ0n) is 11.5. The second-order valence-electron chi connectivity index (χ2n) is 4.57. The molecule has 0 N–H and O–H groups in total. The summed E-state index contributed by atoms with van der Waals surface area (Å²) < 4.78 is 48.1. The van der Waals surface area contributed by atoms with Crippen LogP contribution in [0, 0.1) is 11.6 Å². The van der Waals surface area contributed by atoms with Gasteiger partial charge in [0.15, 0.2) is 0 Å². The Balaban J connectivity index is 1.85. The fourth-order valence-corrected chi connectivity index (χ4v) is 2.42. The third kappa shape index (κ3) is 5.38. The summed E-state index contributed by atoms with van der Waals surface area (Å²) in [6, 6.07) is 11.4. The summed E-state index contributed by atoms with van der Waals surface area (Å²) >= 11 is 0. The molecule has 0 fully saturated rings. The number of hydrogen-bond acceptors (Lipinski definition) is 3. The summed E-state index contributed by atoms with van der Waals surface area (Å²) in [6.45, 7) is 1.50. The standard InChI is InChI=1S/C15H15F2O3P/c1-21(18,19-10-12-2-6-14(16)7-3-12)20-11-13-4-8-15(17)9-5-13/h2-9H,10-11H2,1H3. The minimum Gasteiger partial charge on any atom is -0.304 e. The summed E-state index contributed by atoms with van der Waals surface area (Å²) in [5, 5.41) is 0.